The third kappa shape index (κ3) is 2.76. The van der Waals surface area contributed by atoms with Crippen LogP contribution in [0.4, 0.5) is 5.69 Å². The van der Waals surface area contributed by atoms with Crippen LogP contribution < -0.4 is 5.32 Å². The highest BCUT2D eigenvalue weighted by Crippen LogP contribution is 2.24. The van der Waals surface area contributed by atoms with Crippen molar-refractivity contribution in [1.82, 2.24) is 4.90 Å². The van der Waals surface area contributed by atoms with Crippen LogP contribution in [0.5, 0.6) is 0 Å². The van der Waals surface area contributed by atoms with Gasteiger partial charge in [0.1, 0.15) is 0 Å². The van der Waals surface area contributed by atoms with Gasteiger partial charge < -0.3 is 10.1 Å². The maximum absolute atomic E-state index is 11.8. The van der Waals surface area contributed by atoms with E-state index in [0.717, 1.165) is 23.6 Å². The number of carbonyl (C=O) groups is 2. The Morgan fingerprint density at radius 1 is 1.16 bits per heavy atom. The van der Waals surface area contributed by atoms with E-state index in [9.17, 15) is 9.59 Å². The van der Waals surface area contributed by atoms with Crippen molar-refractivity contribution in [1.29, 1.82) is 0 Å². The molecular weight excluding hydrogens is 244 g/mol. The zero-order valence-corrected chi connectivity index (χ0v) is 11.2. The van der Waals surface area contributed by atoms with E-state index >= 15 is 0 Å². The second kappa shape index (κ2) is 5.84. The number of ether oxygens (including phenoxy) is 1. The molecule has 1 aliphatic heterocycles. The fraction of sp³-hybridized carbons (Fsp3) is 0.429. The SMILES string of the molecule is CCCOCCNc1ccc2c(c1)C(=O)N(C)C2=O. The van der Waals surface area contributed by atoms with Gasteiger partial charge in [-0.3, -0.25) is 14.5 Å². The fourth-order valence-corrected chi connectivity index (χ4v) is 1.99. The first-order valence-corrected chi connectivity index (χ1v) is 6.43. The zero-order valence-electron chi connectivity index (χ0n) is 11.2. The van der Waals surface area contributed by atoms with E-state index in [4.69, 9.17) is 4.74 Å². The lowest BCUT2D eigenvalue weighted by atomic mass is 10.1. The van der Waals surface area contributed by atoms with E-state index in [-0.39, 0.29) is 11.8 Å². The number of nitrogens with zero attached hydrogens (tertiary/aromatic N) is 1. The normalized spacial score (nSPS) is 13.9. The lowest BCUT2D eigenvalue weighted by molar-refractivity contribution is 0.0693. The zero-order chi connectivity index (χ0) is 13.8. The average molecular weight is 262 g/mol. The van der Waals surface area contributed by atoms with Gasteiger partial charge in [-0.25, -0.2) is 0 Å². The predicted molar refractivity (Wildman–Crippen MR) is 72.5 cm³/mol. The van der Waals surface area contributed by atoms with Gasteiger partial charge in [-0.1, -0.05) is 6.92 Å². The highest BCUT2D eigenvalue weighted by molar-refractivity contribution is 6.21. The first-order valence-electron chi connectivity index (χ1n) is 6.43. The molecule has 0 atom stereocenters. The van der Waals surface area contributed by atoms with Crippen molar-refractivity contribution in [2.45, 2.75) is 13.3 Å². The molecule has 102 valence electrons. The molecule has 19 heavy (non-hydrogen) atoms. The number of anilines is 1. The van der Waals surface area contributed by atoms with Crippen LogP contribution in [0.3, 0.4) is 0 Å². The molecule has 1 heterocycles. The summed E-state index contributed by atoms with van der Waals surface area (Å²) >= 11 is 0. The third-order valence-corrected chi connectivity index (χ3v) is 3.01. The minimum atomic E-state index is -0.245. The summed E-state index contributed by atoms with van der Waals surface area (Å²) in [5.41, 5.74) is 1.77. The number of imide groups is 1. The molecule has 1 aliphatic rings. The van der Waals surface area contributed by atoms with Crippen LogP contribution in [-0.2, 0) is 4.74 Å². The van der Waals surface area contributed by atoms with E-state index in [0.29, 0.717) is 24.3 Å². The lowest BCUT2D eigenvalue weighted by Crippen LogP contribution is -2.24. The molecule has 5 heteroatoms. The molecule has 2 amide bonds. The maximum atomic E-state index is 11.8. The molecule has 1 aromatic carbocycles. The summed E-state index contributed by atoms with van der Waals surface area (Å²) in [5.74, 6) is -0.483. The molecule has 0 unspecified atom stereocenters. The first kappa shape index (κ1) is 13.5. The molecule has 1 aromatic rings. The molecule has 1 N–H and O–H groups in total. The summed E-state index contributed by atoms with van der Waals surface area (Å²) in [6.07, 6.45) is 1.00. The molecule has 0 fully saturated rings. The van der Waals surface area contributed by atoms with E-state index in [1.807, 2.05) is 6.07 Å². The Morgan fingerprint density at radius 3 is 2.63 bits per heavy atom. The van der Waals surface area contributed by atoms with Crippen LogP contribution in [0.2, 0.25) is 0 Å². The molecule has 0 spiro atoms. The van der Waals surface area contributed by atoms with E-state index in [2.05, 4.69) is 12.2 Å². The summed E-state index contributed by atoms with van der Waals surface area (Å²) in [4.78, 5) is 24.7. The Balaban J connectivity index is 1.99. The number of hydrogen-bond acceptors (Lipinski definition) is 4. The van der Waals surface area contributed by atoms with Gasteiger partial charge in [-0.15, -0.1) is 0 Å². The summed E-state index contributed by atoms with van der Waals surface area (Å²) in [6.45, 7) is 4.12. The molecule has 0 saturated heterocycles. The average Bonchev–Trinajstić information content (AvgIpc) is 2.64. The highest BCUT2D eigenvalue weighted by Gasteiger charge is 2.32. The summed E-state index contributed by atoms with van der Waals surface area (Å²) < 4.78 is 5.36. The van der Waals surface area contributed by atoms with E-state index < -0.39 is 0 Å². The van der Waals surface area contributed by atoms with Gasteiger partial charge in [-0.05, 0) is 24.6 Å². The lowest BCUT2D eigenvalue weighted by Gasteiger charge is -2.07. The van der Waals surface area contributed by atoms with Gasteiger partial charge in [0.25, 0.3) is 11.8 Å². The van der Waals surface area contributed by atoms with Crippen LogP contribution in [0.1, 0.15) is 34.1 Å². The summed E-state index contributed by atoms with van der Waals surface area (Å²) in [5, 5.41) is 3.18. The Bertz CT molecular complexity index is 499. The molecule has 0 radical (unpaired) electrons. The van der Waals surface area contributed by atoms with Gasteiger partial charge in [0.15, 0.2) is 0 Å². The number of rotatable bonds is 6. The van der Waals surface area contributed by atoms with Gasteiger partial charge in [-0.2, -0.15) is 0 Å². The molecule has 0 bridgehead atoms. The molecule has 0 aliphatic carbocycles. The van der Waals surface area contributed by atoms with Crippen LogP contribution in [0.15, 0.2) is 18.2 Å². The quantitative estimate of drug-likeness (QED) is 0.627. The second-order valence-electron chi connectivity index (χ2n) is 4.47. The van der Waals surface area contributed by atoms with Crippen LogP contribution in [0.25, 0.3) is 0 Å². The number of nitrogens with one attached hydrogen (secondary N) is 1. The number of hydrogen-bond donors (Lipinski definition) is 1. The van der Waals surface area contributed by atoms with Crippen molar-refractivity contribution in [3.05, 3.63) is 29.3 Å². The van der Waals surface area contributed by atoms with Crippen molar-refractivity contribution in [2.24, 2.45) is 0 Å². The third-order valence-electron chi connectivity index (χ3n) is 3.01. The first-order chi connectivity index (χ1) is 9.15. The Morgan fingerprint density at radius 2 is 1.89 bits per heavy atom. The van der Waals surface area contributed by atoms with Gasteiger partial charge in [0.05, 0.1) is 17.7 Å². The van der Waals surface area contributed by atoms with Crippen molar-refractivity contribution in [3.8, 4) is 0 Å². The van der Waals surface area contributed by atoms with Crippen molar-refractivity contribution >= 4 is 17.5 Å². The standard InChI is InChI=1S/C14H18N2O3/c1-3-7-19-8-6-15-10-4-5-11-12(9-10)14(18)16(2)13(11)17/h4-5,9,15H,3,6-8H2,1-2H3. The van der Waals surface area contributed by atoms with Crippen LogP contribution in [0, 0.1) is 0 Å². The molecule has 2 rings (SSSR count). The number of benzene rings is 1. The highest BCUT2D eigenvalue weighted by atomic mass is 16.5. The van der Waals surface area contributed by atoms with Gasteiger partial charge in [0, 0.05) is 25.9 Å². The van der Waals surface area contributed by atoms with Crippen molar-refractivity contribution < 1.29 is 14.3 Å². The number of amides is 2. The Labute approximate surface area is 112 Å². The van der Waals surface area contributed by atoms with Crippen molar-refractivity contribution in [3.63, 3.8) is 0 Å². The molecule has 5 nitrogen and oxygen atoms in total. The summed E-state index contributed by atoms with van der Waals surface area (Å²) in [6, 6.07) is 5.22. The maximum Gasteiger partial charge on any atom is 0.261 e. The second-order valence-corrected chi connectivity index (χ2v) is 4.47. The topological polar surface area (TPSA) is 58.6 Å². The number of carbonyl (C=O) groups excluding carboxylic acids is 2. The van der Waals surface area contributed by atoms with Crippen molar-refractivity contribution in [2.75, 3.05) is 32.1 Å². The predicted octanol–water partition coefficient (Wildman–Crippen LogP) is 1.75. The monoisotopic (exact) mass is 262 g/mol. The van der Waals surface area contributed by atoms with E-state index in [1.165, 1.54) is 7.05 Å². The fourth-order valence-electron chi connectivity index (χ4n) is 1.99. The van der Waals surface area contributed by atoms with Crippen LogP contribution >= 0.6 is 0 Å². The Hall–Kier alpha value is -1.88. The minimum Gasteiger partial charge on any atom is -0.383 e. The Kier molecular flexibility index (Phi) is 4.16. The van der Waals surface area contributed by atoms with Gasteiger partial charge >= 0.3 is 0 Å². The molecular formula is C14H18N2O3. The van der Waals surface area contributed by atoms with Crippen LogP contribution in [-0.4, -0.2) is 43.5 Å². The number of fused-ring (bicyclic) bond motifs is 1. The smallest absolute Gasteiger partial charge is 0.261 e. The minimum absolute atomic E-state index is 0.238. The van der Waals surface area contributed by atoms with Gasteiger partial charge in [0.2, 0.25) is 0 Å². The molecule has 0 saturated carbocycles. The van der Waals surface area contributed by atoms with E-state index in [1.54, 1.807) is 12.1 Å². The molecule has 0 aromatic heterocycles. The largest absolute Gasteiger partial charge is 0.383 e. The summed E-state index contributed by atoms with van der Waals surface area (Å²) in [7, 11) is 1.50.